The number of carbonyl (C=O) groups is 1. The van der Waals surface area contributed by atoms with Gasteiger partial charge in [-0.3, -0.25) is 4.79 Å². The molecule has 24 heavy (non-hydrogen) atoms. The van der Waals surface area contributed by atoms with Crippen molar-refractivity contribution in [2.45, 2.75) is 19.4 Å². The monoisotopic (exact) mass is 409 g/mol. The van der Waals surface area contributed by atoms with E-state index in [4.69, 9.17) is 11.6 Å². The Morgan fingerprint density at radius 1 is 1.38 bits per heavy atom. The molecule has 7 heteroatoms. The van der Waals surface area contributed by atoms with Crippen LogP contribution < -0.4 is 10.7 Å². The molecule has 0 heterocycles. The maximum absolute atomic E-state index is 12.2. The largest absolute Gasteiger partial charge is 0.506 e. The molecule has 3 N–H and O–H groups in total. The summed E-state index contributed by atoms with van der Waals surface area (Å²) in [4.78, 5) is 12.2. The Hall–Kier alpha value is -2.05. The number of hydrogen-bond acceptors (Lipinski definition) is 4. The molecule has 0 aliphatic carbocycles. The lowest BCUT2D eigenvalue weighted by molar-refractivity contribution is -0.121. The minimum Gasteiger partial charge on any atom is -0.506 e. The molecule has 2 rings (SSSR count). The van der Waals surface area contributed by atoms with E-state index < -0.39 is 6.04 Å². The fourth-order valence-electron chi connectivity index (χ4n) is 2.02. The first kappa shape index (κ1) is 18.3. The van der Waals surface area contributed by atoms with E-state index in [1.807, 2.05) is 37.3 Å². The highest BCUT2D eigenvalue weighted by atomic mass is 79.9. The third-order valence-electron chi connectivity index (χ3n) is 3.28. The average Bonchev–Trinajstić information content (AvgIpc) is 2.57. The number of rotatable bonds is 6. The molecule has 0 spiro atoms. The van der Waals surface area contributed by atoms with E-state index >= 15 is 0 Å². The summed E-state index contributed by atoms with van der Waals surface area (Å²) in [5.74, 6) is -0.259. The predicted molar refractivity (Wildman–Crippen MR) is 101 cm³/mol. The zero-order valence-electron chi connectivity index (χ0n) is 13.0. The van der Waals surface area contributed by atoms with Gasteiger partial charge in [0.1, 0.15) is 11.8 Å². The Bertz CT molecular complexity index is 738. The summed E-state index contributed by atoms with van der Waals surface area (Å²) in [6.45, 7) is 1.91. The topological polar surface area (TPSA) is 73.7 Å². The summed E-state index contributed by atoms with van der Waals surface area (Å²) in [5.41, 5.74) is 3.73. The standard InChI is InChI=1S/C17H17BrClN3O2/c1-2-15(21-13-6-4-3-5-7-13)17(24)22-20-10-11-8-12(19)9-14(18)16(11)23/h3-10,15,21,23H,2H2,1H3,(H,22,24)/b20-10+/t15-/m1/s1. The van der Waals surface area contributed by atoms with Crippen molar-refractivity contribution in [3.8, 4) is 5.75 Å². The van der Waals surface area contributed by atoms with Crippen LogP contribution in [0, 0.1) is 0 Å². The fraction of sp³-hybridized carbons (Fsp3) is 0.176. The van der Waals surface area contributed by atoms with Crippen LogP contribution in [0.15, 0.2) is 52.0 Å². The van der Waals surface area contributed by atoms with Crippen molar-refractivity contribution in [2.24, 2.45) is 5.10 Å². The van der Waals surface area contributed by atoms with Gasteiger partial charge in [-0.25, -0.2) is 5.43 Å². The Morgan fingerprint density at radius 3 is 2.75 bits per heavy atom. The lowest BCUT2D eigenvalue weighted by atomic mass is 10.2. The number of hydrogen-bond donors (Lipinski definition) is 3. The summed E-state index contributed by atoms with van der Waals surface area (Å²) < 4.78 is 0.458. The van der Waals surface area contributed by atoms with E-state index in [1.165, 1.54) is 6.21 Å². The smallest absolute Gasteiger partial charge is 0.262 e. The van der Waals surface area contributed by atoms with E-state index in [0.717, 1.165) is 5.69 Å². The number of benzene rings is 2. The molecule has 0 unspecified atom stereocenters. The van der Waals surface area contributed by atoms with Gasteiger partial charge >= 0.3 is 0 Å². The number of carbonyl (C=O) groups excluding carboxylic acids is 1. The summed E-state index contributed by atoms with van der Waals surface area (Å²) >= 11 is 9.12. The zero-order valence-corrected chi connectivity index (χ0v) is 15.3. The quantitative estimate of drug-likeness (QED) is 0.495. The van der Waals surface area contributed by atoms with E-state index in [9.17, 15) is 9.90 Å². The summed E-state index contributed by atoms with van der Waals surface area (Å²) in [5, 5.41) is 17.4. The van der Waals surface area contributed by atoms with Crippen molar-refractivity contribution in [3.63, 3.8) is 0 Å². The van der Waals surface area contributed by atoms with Gasteiger partial charge in [-0.15, -0.1) is 0 Å². The van der Waals surface area contributed by atoms with Gasteiger partial charge in [0.15, 0.2) is 0 Å². The summed E-state index contributed by atoms with van der Waals surface area (Å²) in [6, 6.07) is 12.2. The number of hydrazone groups is 1. The highest BCUT2D eigenvalue weighted by Gasteiger charge is 2.15. The first-order valence-corrected chi connectivity index (χ1v) is 8.51. The number of halogens is 2. The van der Waals surface area contributed by atoms with Crippen molar-refractivity contribution in [1.82, 2.24) is 5.43 Å². The third kappa shape index (κ3) is 4.97. The normalized spacial score (nSPS) is 12.1. The molecule has 0 saturated carbocycles. The molecule has 0 aromatic heterocycles. The summed E-state index contributed by atoms with van der Waals surface area (Å²) in [7, 11) is 0. The summed E-state index contributed by atoms with van der Waals surface area (Å²) in [6.07, 6.45) is 1.95. The van der Waals surface area contributed by atoms with Crippen LogP contribution >= 0.6 is 27.5 Å². The van der Waals surface area contributed by atoms with Crippen molar-refractivity contribution in [1.29, 1.82) is 0 Å². The Morgan fingerprint density at radius 2 is 2.08 bits per heavy atom. The average molecular weight is 411 g/mol. The van der Waals surface area contributed by atoms with Crippen LogP contribution in [0.1, 0.15) is 18.9 Å². The van der Waals surface area contributed by atoms with Crippen LogP contribution in [0.5, 0.6) is 5.75 Å². The molecule has 2 aromatic rings. The highest BCUT2D eigenvalue weighted by molar-refractivity contribution is 9.10. The SMILES string of the molecule is CC[C@@H](Nc1ccccc1)C(=O)N/N=C/c1cc(Cl)cc(Br)c1O. The molecule has 0 bridgehead atoms. The van der Waals surface area contributed by atoms with Gasteiger partial charge in [-0.2, -0.15) is 5.10 Å². The number of anilines is 1. The van der Waals surface area contributed by atoms with Crippen LogP contribution in [-0.2, 0) is 4.79 Å². The number of nitrogens with one attached hydrogen (secondary N) is 2. The lowest BCUT2D eigenvalue weighted by Gasteiger charge is -2.16. The molecule has 0 fully saturated rings. The molecule has 0 radical (unpaired) electrons. The number of para-hydroxylation sites is 1. The van der Waals surface area contributed by atoms with Crippen LogP contribution in [-0.4, -0.2) is 23.3 Å². The van der Waals surface area contributed by atoms with Gasteiger partial charge < -0.3 is 10.4 Å². The Labute approximate surface area is 153 Å². The van der Waals surface area contributed by atoms with Crippen molar-refractivity contribution < 1.29 is 9.90 Å². The minimum atomic E-state index is -0.413. The van der Waals surface area contributed by atoms with Crippen LogP contribution in [0.25, 0.3) is 0 Å². The second kappa shape index (κ2) is 8.70. The lowest BCUT2D eigenvalue weighted by Crippen LogP contribution is -2.36. The predicted octanol–water partition coefficient (Wildman–Crippen LogP) is 4.15. The van der Waals surface area contributed by atoms with Gasteiger partial charge in [0, 0.05) is 16.3 Å². The van der Waals surface area contributed by atoms with Crippen molar-refractivity contribution in [2.75, 3.05) is 5.32 Å². The number of phenolic OH excluding ortho intramolecular Hbond substituents is 1. The van der Waals surface area contributed by atoms with E-state index in [1.54, 1.807) is 12.1 Å². The van der Waals surface area contributed by atoms with E-state index in [0.29, 0.717) is 21.5 Å². The van der Waals surface area contributed by atoms with Gasteiger partial charge in [0.05, 0.1) is 10.7 Å². The Balaban J connectivity index is 2.01. The van der Waals surface area contributed by atoms with Gasteiger partial charge in [0.2, 0.25) is 0 Å². The zero-order chi connectivity index (χ0) is 17.5. The first-order chi connectivity index (χ1) is 11.5. The molecule has 126 valence electrons. The molecule has 2 aromatic carbocycles. The van der Waals surface area contributed by atoms with Gasteiger partial charge in [0.25, 0.3) is 5.91 Å². The molecule has 0 saturated heterocycles. The molecular formula is C17H17BrClN3O2. The number of amides is 1. The highest BCUT2D eigenvalue weighted by Crippen LogP contribution is 2.30. The second-order valence-corrected chi connectivity index (χ2v) is 6.32. The number of phenols is 1. The molecule has 1 atom stereocenters. The molecular weight excluding hydrogens is 394 g/mol. The van der Waals surface area contributed by atoms with Crippen molar-refractivity contribution in [3.05, 3.63) is 57.5 Å². The van der Waals surface area contributed by atoms with Crippen LogP contribution in [0.3, 0.4) is 0 Å². The molecule has 5 nitrogen and oxygen atoms in total. The van der Waals surface area contributed by atoms with E-state index in [2.05, 4.69) is 31.8 Å². The number of nitrogens with zero attached hydrogens (tertiary/aromatic N) is 1. The van der Waals surface area contributed by atoms with Gasteiger partial charge in [-0.05, 0) is 46.6 Å². The number of aromatic hydroxyl groups is 1. The van der Waals surface area contributed by atoms with Crippen LogP contribution in [0.2, 0.25) is 5.02 Å². The first-order valence-electron chi connectivity index (χ1n) is 7.33. The van der Waals surface area contributed by atoms with Crippen molar-refractivity contribution >= 4 is 45.3 Å². The van der Waals surface area contributed by atoms with E-state index in [-0.39, 0.29) is 11.7 Å². The fourth-order valence-corrected chi connectivity index (χ4v) is 2.85. The van der Waals surface area contributed by atoms with Crippen LogP contribution in [0.4, 0.5) is 5.69 Å². The Kier molecular flexibility index (Phi) is 6.63. The third-order valence-corrected chi connectivity index (χ3v) is 4.10. The van der Waals surface area contributed by atoms with Gasteiger partial charge in [-0.1, -0.05) is 36.7 Å². The molecule has 0 aliphatic rings. The second-order valence-electron chi connectivity index (χ2n) is 5.03. The maximum Gasteiger partial charge on any atom is 0.262 e. The molecule has 0 aliphatic heterocycles. The minimum absolute atomic E-state index is 0.00634. The molecule has 1 amide bonds. The maximum atomic E-state index is 12.2.